The minimum Gasteiger partial charge on any atom is -0.384 e. The number of nitrogens with one attached hydrogen (secondary N) is 2. The van der Waals surface area contributed by atoms with Crippen LogP contribution in [0.2, 0.25) is 0 Å². The van der Waals surface area contributed by atoms with E-state index in [1.807, 2.05) is 0 Å². The molecular weight excluding hydrogens is 277 g/mol. The summed E-state index contributed by atoms with van der Waals surface area (Å²) in [4.78, 5) is 22.7. The van der Waals surface area contributed by atoms with Crippen LogP contribution in [0.4, 0.5) is 10.2 Å². The molecule has 0 aliphatic rings. The maximum atomic E-state index is 13.8. The van der Waals surface area contributed by atoms with E-state index >= 15 is 0 Å². The number of aliphatic hydroxyl groups is 1. The lowest BCUT2D eigenvalue weighted by Gasteiger charge is -2.05. The number of hydrogen-bond donors (Lipinski definition) is 3. The average molecular weight is 287 g/mol. The van der Waals surface area contributed by atoms with Crippen LogP contribution in [0.3, 0.4) is 0 Å². The Morgan fingerprint density at radius 1 is 1.38 bits per heavy atom. The summed E-state index contributed by atoms with van der Waals surface area (Å²) >= 11 is 0. The SMILES string of the molecule is O=C(Nc1ccc(=O)[nH]n1)c1ccc(C#CCO)cc1F. The van der Waals surface area contributed by atoms with Gasteiger partial charge in [0.1, 0.15) is 12.4 Å². The summed E-state index contributed by atoms with van der Waals surface area (Å²) < 4.78 is 13.8. The summed E-state index contributed by atoms with van der Waals surface area (Å²) in [5.74, 6) is 3.57. The van der Waals surface area contributed by atoms with E-state index in [9.17, 15) is 14.0 Å². The highest BCUT2D eigenvalue weighted by Gasteiger charge is 2.12. The van der Waals surface area contributed by atoms with E-state index in [2.05, 4.69) is 27.4 Å². The molecule has 0 bridgehead atoms. The lowest BCUT2D eigenvalue weighted by atomic mass is 10.1. The first-order valence-electron chi connectivity index (χ1n) is 5.86. The molecule has 0 aliphatic carbocycles. The summed E-state index contributed by atoms with van der Waals surface area (Å²) in [6, 6.07) is 6.32. The second kappa shape index (κ2) is 6.45. The molecule has 1 aromatic carbocycles. The van der Waals surface area contributed by atoms with E-state index in [1.165, 1.54) is 24.3 Å². The standard InChI is InChI=1S/C14H10FN3O3/c15-11-8-9(2-1-7-19)3-4-10(11)14(21)16-12-5-6-13(20)18-17-12/h3-6,8,19H,7H2,(H,18,20)(H,16,17,21). The third-order valence-corrected chi connectivity index (χ3v) is 2.45. The van der Waals surface area contributed by atoms with Gasteiger partial charge in [-0.05, 0) is 24.3 Å². The predicted molar refractivity (Wildman–Crippen MR) is 73.2 cm³/mol. The predicted octanol–water partition coefficient (Wildman–Crippen LogP) is 0.505. The van der Waals surface area contributed by atoms with Crippen LogP contribution in [0.15, 0.2) is 35.1 Å². The van der Waals surface area contributed by atoms with Gasteiger partial charge >= 0.3 is 0 Å². The second-order valence-electron chi connectivity index (χ2n) is 3.92. The number of hydrogen-bond acceptors (Lipinski definition) is 4. The number of amides is 1. The maximum absolute atomic E-state index is 13.8. The average Bonchev–Trinajstić information content (AvgIpc) is 2.47. The Morgan fingerprint density at radius 3 is 2.81 bits per heavy atom. The molecule has 0 saturated carbocycles. The quantitative estimate of drug-likeness (QED) is 0.701. The number of aliphatic hydroxyl groups excluding tert-OH is 1. The van der Waals surface area contributed by atoms with Crippen molar-refractivity contribution in [3.8, 4) is 11.8 Å². The number of halogens is 1. The summed E-state index contributed by atoms with van der Waals surface area (Å²) in [6.45, 7) is -0.332. The zero-order chi connectivity index (χ0) is 15.2. The first-order valence-corrected chi connectivity index (χ1v) is 5.86. The van der Waals surface area contributed by atoms with Crippen molar-refractivity contribution in [1.82, 2.24) is 10.2 Å². The Bertz CT molecular complexity index is 770. The van der Waals surface area contributed by atoms with Gasteiger partial charge in [-0.2, -0.15) is 5.10 Å². The van der Waals surface area contributed by atoms with Gasteiger partial charge in [-0.15, -0.1) is 0 Å². The maximum Gasteiger partial charge on any atom is 0.264 e. The van der Waals surface area contributed by atoms with Gasteiger partial charge in [0.2, 0.25) is 0 Å². The summed E-state index contributed by atoms with van der Waals surface area (Å²) in [5.41, 5.74) is -0.246. The molecule has 6 nitrogen and oxygen atoms in total. The van der Waals surface area contributed by atoms with Crippen molar-refractivity contribution in [2.24, 2.45) is 0 Å². The molecule has 7 heteroatoms. The van der Waals surface area contributed by atoms with E-state index in [1.54, 1.807) is 0 Å². The zero-order valence-electron chi connectivity index (χ0n) is 10.7. The molecule has 0 aliphatic heterocycles. The highest BCUT2D eigenvalue weighted by molar-refractivity contribution is 6.03. The molecule has 106 valence electrons. The van der Waals surface area contributed by atoms with Gasteiger partial charge < -0.3 is 10.4 Å². The van der Waals surface area contributed by atoms with Crippen LogP contribution >= 0.6 is 0 Å². The van der Waals surface area contributed by atoms with Gasteiger partial charge in [0, 0.05) is 11.6 Å². The molecule has 21 heavy (non-hydrogen) atoms. The molecule has 2 aromatic rings. The fourth-order valence-corrected chi connectivity index (χ4v) is 1.52. The molecule has 3 N–H and O–H groups in total. The Morgan fingerprint density at radius 2 is 2.19 bits per heavy atom. The van der Waals surface area contributed by atoms with Crippen molar-refractivity contribution in [2.45, 2.75) is 0 Å². The second-order valence-corrected chi connectivity index (χ2v) is 3.92. The van der Waals surface area contributed by atoms with Crippen LogP contribution < -0.4 is 10.9 Å². The number of benzene rings is 1. The molecule has 0 saturated heterocycles. The molecule has 0 unspecified atom stereocenters. The van der Waals surface area contributed by atoms with Crippen LogP contribution in [0.1, 0.15) is 15.9 Å². The van der Waals surface area contributed by atoms with Gasteiger partial charge in [-0.1, -0.05) is 11.8 Å². The molecule has 2 rings (SSSR count). The first-order chi connectivity index (χ1) is 10.1. The number of aromatic amines is 1. The van der Waals surface area contributed by atoms with Crippen LogP contribution in [0, 0.1) is 17.7 Å². The largest absolute Gasteiger partial charge is 0.384 e. The van der Waals surface area contributed by atoms with Gasteiger partial charge in [0.15, 0.2) is 5.82 Å². The van der Waals surface area contributed by atoms with E-state index in [0.717, 1.165) is 6.07 Å². The third-order valence-electron chi connectivity index (χ3n) is 2.45. The highest BCUT2D eigenvalue weighted by Crippen LogP contribution is 2.11. The van der Waals surface area contributed by atoms with Crippen LogP contribution in [-0.4, -0.2) is 27.8 Å². The molecule has 0 fully saturated rings. The molecule has 1 amide bonds. The lowest BCUT2D eigenvalue weighted by Crippen LogP contribution is -2.17. The van der Waals surface area contributed by atoms with Crippen molar-refractivity contribution in [1.29, 1.82) is 0 Å². The van der Waals surface area contributed by atoms with E-state index in [0.29, 0.717) is 5.56 Å². The molecule has 1 heterocycles. The number of aromatic nitrogens is 2. The smallest absolute Gasteiger partial charge is 0.264 e. The summed E-state index contributed by atoms with van der Waals surface area (Å²) in [7, 11) is 0. The van der Waals surface area contributed by atoms with Crippen molar-refractivity contribution in [2.75, 3.05) is 11.9 Å². The number of carbonyl (C=O) groups excluding carboxylic acids is 1. The number of rotatable bonds is 2. The fourth-order valence-electron chi connectivity index (χ4n) is 1.52. The lowest BCUT2D eigenvalue weighted by molar-refractivity contribution is 0.102. The van der Waals surface area contributed by atoms with Crippen molar-refractivity contribution in [3.63, 3.8) is 0 Å². The van der Waals surface area contributed by atoms with Gasteiger partial charge in [0.05, 0.1) is 5.56 Å². The zero-order valence-corrected chi connectivity index (χ0v) is 10.7. The van der Waals surface area contributed by atoms with Crippen molar-refractivity contribution < 1.29 is 14.3 Å². The third kappa shape index (κ3) is 3.75. The number of carbonyl (C=O) groups is 1. The van der Waals surface area contributed by atoms with Crippen molar-refractivity contribution in [3.05, 3.63) is 57.6 Å². The van der Waals surface area contributed by atoms with Crippen LogP contribution in [0.5, 0.6) is 0 Å². The molecular formula is C14H10FN3O3. The van der Waals surface area contributed by atoms with E-state index < -0.39 is 17.3 Å². The molecule has 0 atom stereocenters. The Labute approximate surface area is 118 Å². The molecule has 1 aromatic heterocycles. The minimum absolute atomic E-state index is 0.100. The van der Waals surface area contributed by atoms with E-state index in [4.69, 9.17) is 5.11 Å². The van der Waals surface area contributed by atoms with Gasteiger partial charge in [-0.25, -0.2) is 9.49 Å². The van der Waals surface area contributed by atoms with Crippen LogP contribution in [-0.2, 0) is 0 Å². The van der Waals surface area contributed by atoms with E-state index in [-0.39, 0.29) is 18.0 Å². The summed E-state index contributed by atoms with van der Waals surface area (Å²) in [6.07, 6.45) is 0. The number of H-pyrrole nitrogens is 1. The Hall–Kier alpha value is -2.98. The molecule has 0 radical (unpaired) electrons. The topological polar surface area (TPSA) is 95.1 Å². The Balaban J connectivity index is 2.19. The van der Waals surface area contributed by atoms with Crippen molar-refractivity contribution >= 4 is 11.7 Å². The minimum atomic E-state index is -0.748. The van der Waals surface area contributed by atoms with Gasteiger partial charge in [0.25, 0.3) is 11.5 Å². The normalized spacial score (nSPS) is 9.62. The Kier molecular flexibility index (Phi) is 4.43. The summed E-state index contributed by atoms with van der Waals surface area (Å²) in [5, 5.41) is 16.6. The number of anilines is 1. The highest BCUT2D eigenvalue weighted by atomic mass is 19.1. The first kappa shape index (κ1) is 14.4. The van der Waals surface area contributed by atoms with Gasteiger partial charge in [-0.3, -0.25) is 9.59 Å². The monoisotopic (exact) mass is 287 g/mol. The number of nitrogens with zero attached hydrogens (tertiary/aromatic N) is 1. The van der Waals surface area contributed by atoms with Crippen LogP contribution in [0.25, 0.3) is 0 Å². The molecule has 0 spiro atoms. The fraction of sp³-hybridized carbons (Fsp3) is 0.0714.